The van der Waals surface area contributed by atoms with Crippen LogP contribution < -0.4 is 0 Å². The first-order chi connectivity index (χ1) is 8.43. The number of hydrogen-bond donors (Lipinski definition) is 0. The van der Waals surface area contributed by atoms with Crippen LogP contribution in [-0.4, -0.2) is 5.78 Å². The lowest BCUT2D eigenvalue weighted by atomic mass is 9.45. The predicted molar refractivity (Wildman–Crippen MR) is 74.2 cm³/mol. The van der Waals surface area contributed by atoms with E-state index in [0.29, 0.717) is 5.78 Å². The molecule has 18 heavy (non-hydrogen) atoms. The standard InChI is InChI=1S/C17H26O/c1-16(2)10-13(18)11-17(3)14-7-5-4-6-12(14)8-9-15(16)17/h4,6,12,14-15H,5,7-11H2,1-3H3/t12-,14-,15+,17-/m0/s1. The number of Topliss-reactive ketones (excluding diaryl/α,β-unsaturated/α-hetero) is 1. The second-order valence-electron chi connectivity index (χ2n) is 7.79. The molecule has 4 atom stereocenters. The highest BCUT2D eigenvalue weighted by Gasteiger charge is 2.56. The molecule has 3 rings (SSSR count). The maximum absolute atomic E-state index is 12.2. The monoisotopic (exact) mass is 246 g/mol. The number of fused-ring (bicyclic) bond motifs is 3. The SMILES string of the molecule is CC1(C)CC(=O)C[C@]2(C)[C@@H]1CC[C@@H]1C=CCC[C@@H]12. The lowest BCUT2D eigenvalue weighted by Gasteiger charge is -2.59. The molecule has 0 aromatic carbocycles. The molecule has 0 amide bonds. The quantitative estimate of drug-likeness (QED) is 0.580. The van der Waals surface area contributed by atoms with Crippen LogP contribution >= 0.6 is 0 Å². The zero-order valence-electron chi connectivity index (χ0n) is 12.0. The summed E-state index contributed by atoms with van der Waals surface area (Å²) < 4.78 is 0. The molecule has 0 radical (unpaired) electrons. The number of allylic oxidation sites excluding steroid dienone is 2. The summed E-state index contributed by atoms with van der Waals surface area (Å²) in [4.78, 5) is 12.2. The van der Waals surface area contributed by atoms with Crippen molar-refractivity contribution in [2.75, 3.05) is 0 Å². The number of rotatable bonds is 0. The molecule has 0 unspecified atom stereocenters. The van der Waals surface area contributed by atoms with Crippen LogP contribution in [0.15, 0.2) is 12.2 Å². The molecule has 0 heterocycles. The Morgan fingerprint density at radius 3 is 2.67 bits per heavy atom. The van der Waals surface area contributed by atoms with E-state index in [4.69, 9.17) is 0 Å². The molecule has 0 aromatic heterocycles. The molecule has 0 spiro atoms. The first kappa shape index (κ1) is 12.4. The van der Waals surface area contributed by atoms with Gasteiger partial charge in [0.05, 0.1) is 0 Å². The van der Waals surface area contributed by atoms with Crippen LogP contribution in [0.25, 0.3) is 0 Å². The summed E-state index contributed by atoms with van der Waals surface area (Å²) in [6, 6.07) is 0. The fourth-order valence-electron chi connectivity index (χ4n) is 5.61. The van der Waals surface area contributed by atoms with Crippen molar-refractivity contribution in [3.8, 4) is 0 Å². The summed E-state index contributed by atoms with van der Waals surface area (Å²) in [5, 5.41) is 0. The maximum atomic E-state index is 12.2. The third-order valence-corrected chi connectivity index (χ3v) is 6.15. The fraction of sp³-hybridized carbons (Fsp3) is 0.824. The van der Waals surface area contributed by atoms with Gasteiger partial charge in [0.25, 0.3) is 0 Å². The summed E-state index contributed by atoms with van der Waals surface area (Å²) in [7, 11) is 0. The van der Waals surface area contributed by atoms with Crippen LogP contribution in [0.1, 0.15) is 59.3 Å². The molecule has 2 fully saturated rings. The first-order valence-corrected chi connectivity index (χ1v) is 7.62. The van der Waals surface area contributed by atoms with Crippen molar-refractivity contribution in [2.45, 2.75) is 59.3 Å². The lowest BCUT2D eigenvalue weighted by molar-refractivity contribution is -0.144. The molecule has 0 aromatic rings. The Labute approximate surface area is 111 Å². The van der Waals surface area contributed by atoms with Crippen molar-refractivity contribution in [1.82, 2.24) is 0 Å². The zero-order chi connectivity index (χ0) is 13.0. The van der Waals surface area contributed by atoms with Gasteiger partial charge in [0.15, 0.2) is 0 Å². The number of hydrogen-bond acceptors (Lipinski definition) is 1. The number of carbonyl (C=O) groups is 1. The average Bonchev–Trinajstić information content (AvgIpc) is 2.26. The Balaban J connectivity index is 1.99. The maximum Gasteiger partial charge on any atom is 0.134 e. The summed E-state index contributed by atoms with van der Waals surface area (Å²) in [6.07, 6.45) is 11.6. The van der Waals surface area contributed by atoms with E-state index in [-0.39, 0.29) is 10.8 Å². The minimum absolute atomic E-state index is 0.218. The Kier molecular flexibility index (Phi) is 2.73. The van der Waals surface area contributed by atoms with Gasteiger partial charge in [-0.15, -0.1) is 0 Å². The number of carbonyl (C=O) groups excluding carboxylic acids is 1. The highest BCUT2D eigenvalue weighted by Crippen LogP contribution is 2.62. The van der Waals surface area contributed by atoms with Gasteiger partial charge in [0, 0.05) is 12.8 Å². The molecular formula is C17H26O. The van der Waals surface area contributed by atoms with Crippen LogP contribution in [0, 0.1) is 28.6 Å². The van der Waals surface area contributed by atoms with Gasteiger partial charge in [-0.05, 0) is 54.3 Å². The molecule has 0 saturated heterocycles. The van der Waals surface area contributed by atoms with Crippen LogP contribution in [-0.2, 0) is 4.79 Å². The van der Waals surface area contributed by atoms with Crippen molar-refractivity contribution in [3.63, 3.8) is 0 Å². The summed E-state index contributed by atoms with van der Waals surface area (Å²) in [5.74, 6) is 2.76. The van der Waals surface area contributed by atoms with Gasteiger partial charge < -0.3 is 0 Å². The van der Waals surface area contributed by atoms with Gasteiger partial charge in [0.2, 0.25) is 0 Å². The Morgan fingerprint density at radius 2 is 1.89 bits per heavy atom. The Morgan fingerprint density at radius 1 is 1.11 bits per heavy atom. The van der Waals surface area contributed by atoms with Crippen molar-refractivity contribution < 1.29 is 4.79 Å². The van der Waals surface area contributed by atoms with E-state index in [2.05, 4.69) is 32.9 Å². The zero-order valence-corrected chi connectivity index (χ0v) is 12.0. The smallest absolute Gasteiger partial charge is 0.134 e. The summed E-state index contributed by atoms with van der Waals surface area (Å²) >= 11 is 0. The third-order valence-electron chi connectivity index (χ3n) is 6.15. The van der Waals surface area contributed by atoms with E-state index in [9.17, 15) is 4.79 Å². The average molecular weight is 246 g/mol. The van der Waals surface area contributed by atoms with Gasteiger partial charge in [-0.3, -0.25) is 4.79 Å². The van der Waals surface area contributed by atoms with Crippen molar-refractivity contribution in [3.05, 3.63) is 12.2 Å². The molecule has 3 aliphatic carbocycles. The van der Waals surface area contributed by atoms with Crippen LogP contribution in [0.3, 0.4) is 0 Å². The molecule has 0 N–H and O–H groups in total. The lowest BCUT2D eigenvalue weighted by Crippen LogP contribution is -2.53. The molecule has 100 valence electrons. The van der Waals surface area contributed by atoms with Crippen LogP contribution in [0.2, 0.25) is 0 Å². The van der Waals surface area contributed by atoms with E-state index >= 15 is 0 Å². The highest BCUT2D eigenvalue weighted by molar-refractivity contribution is 5.81. The Hall–Kier alpha value is -0.590. The van der Waals surface area contributed by atoms with Crippen LogP contribution in [0.4, 0.5) is 0 Å². The number of ketones is 1. The van der Waals surface area contributed by atoms with E-state index in [1.807, 2.05) is 0 Å². The van der Waals surface area contributed by atoms with E-state index in [1.165, 1.54) is 25.7 Å². The molecular weight excluding hydrogens is 220 g/mol. The molecule has 0 bridgehead atoms. The molecule has 0 aliphatic heterocycles. The molecule has 2 saturated carbocycles. The van der Waals surface area contributed by atoms with E-state index < -0.39 is 0 Å². The fourth-order valence-corrected chi connectivity index (χ4v) is 5.61. The second kappa shape index (κ2) is 3.95. The van der Waals surface area contributed by atoms with Gasteiger partial charge in [-0.25, -0.2) is 0 Å². The summed E-state index contributed by atoms with van der Waals surface area (Å²) in [6.45, 7) is 7.07. The topological polar surface area (TPSA) is 17.1 Å². The molecule has 1 nitrogen and oxygen atoms in total. The largest absolute Gasteiger partial charge is 0.300 e. The summed E-state index contributed by atoms with van der Waals surface area (Å²) in [5.41, 5.74) is 0.489. The normalized spacial score (nSPS) is 46.4. The minimum Gasteiger partial charge on any atom is -0.300 e. The van der Waals surface area contributed by atoms with Crippen molar-refractivity contribution >= 4 is 5.78 Å². The van der Waals surface area contributed by atoms with Gasteiger partial charge in [-0.1, -0.05) is 32.9 Å². The first-order valence-electron chi connectivity index (χ1n) is 7.62. The second-order valence-corrected chi connectivity index (χ2v) is 7.79. The van der Waals surface area contributed by atoms with Gasteiger partial charge >= 0.3 is 0 Å². The van der Waals surface area contributed by atoms with E-state index in [0.717, 1.165) is 30.6 Å². The predicted octanol–water partition coefficient (Wildman–Crippen LogP) is 4.37. The van der Waals surface area contributed by atoms with Gasteiger partial charge in [-0.2, -0.15) is 0 Å². The van der Waals surface area contributed by atoms with Crippen molar-refractivity contribution in [1.29, 1.82) is 0 Å². The molecule has 1 heteroatoms. The third kappa shape index (κ3) is 1.70. The molecule has 3 aliphatic rings. The Bertz CT molecular complexity index is 392. The highest BCUT2D eigenvalue weighted by atomic mass is 16.1. The van der Waals surface area contributed by atoms with E-state index in [1.54, 1.807) is 0 Å². The van der Waals surface area contributed by atoms with Crippen molar-refractivity contribution in [2.24, 2.45) is 28.6 Å². The minimum atomic E-state index is 0.218. The van der Waals surface area contributed by atoms with Crippen LogP contribution in [0.5, 0.6) is 0 Å². The van der Waals surface area contributed by atoms with Gasteiger partial charge in [0.1, 0.15) is 5.78 Å².